The Balaban J connectivity index is 2.14. The fraction of sp³-hybridized carbons (Fsp3) is 0.176. The fourth-order valence-electron chi connectivity index (χ4n) is 2.12. The number of nitrogens with zero attached hydrogens (tertiary/aromatic N) is 2. The smallest absolute Gasteiger partial charge is 0.260 e. The van der Waals surface area contributed by atoms with Gasteiger partial charge in [-0.3, -0.25) is 9.10 Å². The van der Waals surface area contributed by atoms with E-state index in [1.165, 1.54) is 0 Å². The molecule has 0 atom stereocenters. The molecule has 138 valence electrons. The molecular weight excluding hydrogens is 486 g/mol. The maximum Gasteiger partial charge on any atom is 0.260 e. The van der Waals surface area contributed by atoms with Crippen molar-refractivity contribution < 1.29 is 13.2 Å². The first-order chi connectivity index (χ1) is 12.2. The molecule has 0 bridgehead atoms. The second kappa shape index (κ2) is 8.79. The average Bonchev–Trinajstić information content (AvgIpc) is 2.56. The highest BCUT2D eigenvalue weighted by molar-refractivity contribution is 9.10. The summed E-state index contributed by atoms with van der Waals surface area (Å²) in [4.78, 5) is 12.2. The number of rotatable bonds is 6. The Morgan fingerprint density at radius 3 is 2.31 bits per heavy atom. The van der Waals surface area contributed by atoms with E-state index >= 15 is 0 Å². The van der Waals surface area contributed by atoms with Gasteiger partial charge in [0.2, 0.25) is 10.0 Å². The molecule has 2 aromatic rings. The van der Waals surface area contributed by atoms with Crippen LogP contribution in [0.1, 0.15) is 12.5 Å². The summed E-state index contributed by atoms with van der Waals surface area (Å²) in [7, 11) is -3.63. The van der Waals surface area contributed by atoms with Crippen molar-refractivity contribution in [2.75, 3.05) is 17.1 Å². The van der Waals surface area contributed by atoms with Gasteiger partial charge in [-0.2, -0.15) is 5.10 Å². The number of carbonyl (C=O) groups excluding carboxylic acids is 1. The first-order valence-corrected chi connectivity index (χ1v) is 10.9. The largest absolute Gasteiger partial charge is 0.271 e. The molecule has 0 heterocycles. The molecule has 1 amide bonds. The minimum absolute atomic E-state index is 0.370. The summed E-state index contributed by atoms with van der Waals surface area (Å²) in [6.45, 7) is 1.38. The van der Waals surface area contributed by atoms with Gasteiger partial charge in [0.15, 0.2) is 0 Å². The first-order valence-electron chi connectivity index (χ1n) is 7.49. The van der Waals surface area contributed by atoms with E-state index in [9.17, 15) is 13.2 Å². The van der Waals surface area contributed by atoms with Crippen molar-refractivity contribution in [1.82, 2.24) is 5.43 Å². The number of sulfonamides is 1. The minimum Gasteiger partial charge on any atom is -0.271 e. The van der Waals surface area contributed by atoms with Crippen LogP contribution >= 0.6 is 31.9 Å². The number of amides is 1. The van der Waals surface area contributed by atoms with Crippen LogP contribution in [0.25, 0.3) is 0 Å². The van der Waals surface area contributed by atoms with Crippen molar-refractivity contribution >= 4 is 59.2 Å². The Morgan fingerprint density at radius 2 is 1.73 bits per heavy atom. The van der Waals surface area contributed by atoms with Crippen molar-refractivity contribution in [2.24, 2.45) is 5.10 Å². The Hall–Kier alpha value is -1.71. The zero-order valence-corrected chi connectivity index (χ0v) is 18.1. The average molecular weight is 503 g/mol. The van der Waals surface area contributed by atoms with Gasteiger partial charge in [-0.25, -0.2) is 13.8 Å². The standard InChI is InChI=1S/C17H17Br2N3O3S/c1-12(13-5-3-6-14(18)9-13)20-21-17(23)11-22(26(2,24)25)16-8-4-7-15(19)10-16/h3-10H,11H2,1-2H3,(H,21,23)/b20-12+. The van der Waals surface area contributed by atoms with Gasteiger partial charge in [0.1, 0.15) is 6.54 Å². The highest BCUT2D eigenvalue weighted by Crippen LogP contribution is 2.21. The second-order valence-corrected chi connectivity index (χ2v) is 9.23. The van der Waals surface area contributed by atoms with E-state index in [1.807, 2.05) is 24.3 Å². The third-order valence-electron chi connectivity index (χ3n) is 3.37. The molecule has 1 N–H and O–H groups in total. The molecule has 0 saturated carbocycles. The second-order valence-electron chi connectivity index (χ2n) is 5.49. The molecule has 26 heavy (non-hydrogen) atoms. The molecule has 0 aliphatic rings. The van der Waals surface area contributed by atoms with E-state index < -0.39 is 15.9 Å². The Kier molecular flexibility index (Phi) is 6.96. The summed E-state index contributed by atoms with van der Waals surface area (Å²) in [6, 6.07) is 14.2. The van der Waals surface area contributed by atoms with Gasteiger partial charge in [0.25, 0.3) is 5.91 Å². The zero-order chi connectivity index (χ0) is 19.3. The lowest BCUT2D eigenvalue weighted by atomic mass is 10.1. The van der Waals surface area contributed by atoms with E-state index in [2.05, 4.69) is 42.4 Å². The highest BCUT2D eigenvalue weighted by atomic mass is 79.9. The molecule has 2 aromatic carbocycles. The Bertz CT molecular complexity index is 946. The van der Waals surface area contributed by atoms with E-state index in [-0.39, 0.29) is 6.54 Å². The third-order valence-corrected chi connectivity index (χ3v) is 5.50. The van der Waals surface area contributed by atoms with Crippen molar-refractivity contribution in [3.8, 4) is 0 Å². The number of carbonyl (C=O) groups is 1. The number of halogens is 2. The first kappa shape index (κ1) is 20.6. The van der Waals surface area contributed by atoms with Crippen LogP contribution in [0.5, 0.6) is 0 Å². The van der Waals surface area contributed by atoms with Crippen molar-refractivity contribution in [3.05, 3.63) is 63.0 Å². The number of nitrogens with one attached hydrogen (secondary N) is 1. The van der Waals surface area contributed by atoms with Crippen molar-refractivity contribution in [1.29, 1.82) is 0 Å². The molecule has 0 unspecified atom stereocenters. The summed E-state index contributed by atoms with van der Waals surface area (Å²) < 4.78 is 26.8. The molecule has 0 fully saturated rings. The maximum absolute atomic E-state index is 12.2. The Labute approximate surface area is 169 Å². The van der Waals surface area contributed by atoms with Gasteiger partial charge < -0.3 is 0 Å². The summed E-state index contributed by atoms with van der Waals surface area (Å²) in [5.41, 5.74) is 4.24. The zero-order valence-electron chi connectivity index (χ0n) is 14.1. The lowest BCUT2D eigenvalue weighted by Crippen LogP contribution is -2.39. The van der Waals surface area contributed by atoms with Crippen LogP contribution in [0.2, 0.25) is 0 Å². The predicted molar refractivity (Wildman–Crippen MR) is 111 cm³/mol. The van der Waals surface area contributed by atoms with Gasteiger partial charge in [-0.15, -0.1) is 0 Å². The molecule has 0 aromatic heterocycles. The maximum atomic E-state index is 12.2. The minimum atomic E-state index is -3.63. The third kappa shape index (κ3) is 5.93. The Morgan fingerprint density at radius 1 is 1.12 bits per heavy atom. The van der Waals surface area contributed by atoms with Gasteiger partial charge in [0.05, 0.1) is 17.7 Å². The summed E-state index contributed by atoms with van der Waals surface area (Å²) in [5, 5.41) is 4.05. The van der Waals surface area contributed by atoms with E-state index in [1.54, 1.807) is 31.2 Å². The summed E-state index contributed by atoms with van der Waals surface area (Å²) in [6.07, 6.45) is 1.05. The molecule has 0 aliphatic carbocycles. The van der Waals surface area contributed by atoms with Crippen LogP contribution in [0.3, 0.4) is 0 Å². The van der Waals surface area contributed by atoms with Crippen LogP contribution in [-0.4, -0.2) is 32.8 Å². The van der Waals surface area contributed by atoms with Crippen LogP contribution in [0.15, 0.2) is 62.6 Å². The van der Waals surface area contributed by atoms with Crippen molar-refractivity contribution in [3.63, 3.8) is 0 Å². The topological polar surface area (TPSA) is 78.8 Å². The fourth-order valence-corrected chi connectivity index (χ4v) is 3.76. The molecule has 0 saturated heterocycles. The molecule has 9 heteroatoms. The molecule has 6 nitrogen and oxygen atoms in total. The van der Waals surface area contributed by atoms with Crippen LogP contribution in [0.4, 0.5) is 5.69 Å². The van der Waals surface area contributed by atoms with Gasteiger partial charge >= 0.3 is 0 Å². The molecular formula is C17H17Br2N3O3S. The summed E-state index contributed by atoms with van der Waals surface area (Å²) in [5.74, 6) is -0.537. The number of benzene rings is 2. The van der Waals surface area contributed by atoms with Crippen LogP contribution in [0, 0.1) is 0 Å². The lowest BCUT2D eigenvalue weighted by molar-refractivity contribution is -0.119. The van der Waals surface area contributed by atoms with Crippen LogP contribution < -0.4 is 9.73 Å². The van der Waals surface area contributed by atoms with E-state index in [0.717, 1.165) is 20.6 Å². The SMILES string of the molecule is C/C(=N\NC(=O)CN(c1cccc(Br)c1)S(C)(=O)=O)c1cccc(Br)c1. The van der Waals surface area contributed by atoms with Gasteiger partial charge in [0, 0.05) is 8.95 Å². The molecule has 0 aliphatic heterocycles. The van der Waals surface area contributed by atoms with E-state index in [0.29, 0.717) is 15.9 Å². The molecule has 0 spiro atoms. The number of hydrogen-bond donors (Lipinski definition) is 1. The monoisotopic (exact) mass is 501 g/mol. The quantitative estimate of drug-likeness (QED) is 0.484. The summed E-state index contributed by atoms with van der Waals surface area (Å²) >= 11 is 6.67. The highest BCUT2D eigenvalue weighted by Gasteiger charge is 2.21. The number of anilines is 1. The number of hydrogen-bond acceptors (Lipinski definition) is 4. The molecule has 2 rings (SSSR count). The molecule has 0 radical (unpaired) electrons. The van der Waals surface area contributed by atoms with Crippen LogP contribution in [-0.2, 0) is 14.8 Å². The van der Waals surface area contributed by atoms with Gasteiger partial charge in [-0.1, -0.05) is 50.1 Å². The van der Waals surface area contributed by atoms with E-state index in [4.69, 9.17) is 0 Å². The predicted octanol–water partition coefficient (Wildman–Crippen LogP) is 3.52. The number of hydrazone groups is 1. The normalized spacial score (nSPS) is 11.9. The van der Waals surface area contributed by atoms with Gasteiger partial charge in [-0.05, 0) is 42.8 Å². The van der Waals surface area contributed by atoms with Crippen molar-refractivity contribution in [2.45, 2.75) is 6.92 Å². The lowest BCUT2D eigenvalue weighted by Gasteiger charge is -2.21.